The number of nitrogens with two attached hydrogens (primary N) is 1. The molecular formula is C41H70NO8P. The van der Waals surface area contributed by atoms with Crippen LogP contribution in [0.15, 0.2) is 72.9 Å². The zero-order valence-electron chi connectivity index (χ0n) is 31.8. The fraction of sp³-hybridized carbons (Fsp3) is 0.659. The highest BCUT2D eigenvalue weighted by Crippen LogP contribution is 2.43. The van der Waals surface area contributed by atoms with Crippen LogP contribution in [-0.2, 0) is 32.7 Å². The van der Waals surface area contributed by atoms with Crippen molar-refractivity contribution in [3.63, 3.8) is 0 Å². The van der Waals surface area contributed by atoms with E-state index in [4.69, 9.17) is 24.3 Å². The highest BCUT2D eigenvalue weighted by atomic mass is 31.2. The highest BCUT2D eigenvalue weighted by Gasteiger charge is 2.25. The predicted octanol–water partition coefficient (Wildman–Crippen LogP) is 10.7. The Kier molecular flexibility index (Phi) is 35.4. The van der Waals surface area contributed by atoms with Crippen molar-refractivity contribution in [3.8, 4) is 0 Å². The zero-order chi connectivity index (χ0) is 37.5. The number of allylic oxidation sites excluding steroid dienone is 12. The van der Waals surface area contributed by atoms with Gasteiger partial charge in [-0.05, 0) is 64.2 Å². The van der Waals surface area contributed by atoms with Gasteiger partial charge in [-0.3, -0.25) is 18.6 Å². The maximum Gasteiger partial charge on any atom is 0.472 e. The van der Waals surface area contributed by atoms with Gasteiger partial charge in [-0.1, -0.05) is 138 Å². The van der Waals surface area contributed by atoms with Crippen LogP contribution in [0.5, 0.6) is 0 Å². The van der Waals surface area contributed by atoms with E-state index >= 15 is 0 Å². The average molecular weight is 736 g/mol. The maximum absolute atomic E-state index is 12.5. The fourth-order valence-corrected chi connectivity index (χ4v) is 5.56. The number of ether oxygens (including phenoxy) is 2. The van der Waals surface area contributed by atoms with Gasteiger partial charge >= 0.3 is 19.8 Å². The SMILES string of the molecule is CC/C=C/C=C/C=C/C=C/CCCCCCCC(=O)O[C@H](COC(=O)CCCCCCC/C=C/C/C=C/CCCCC)COP(=O)(O)OCCN. The van der Waals surface area contributed by atoms with Gasteiger partial charge in [0.1, 0.15) is 6.61 Å². The molecule has 0 heterocycles. The van der Waals surface area contributed by atoms with E-state index in [0.29, 0.717) is 12.8 Å². The molecule has 0 radical (unpaired) electrons. The molecule has 1 unspecified atom stereocenters. The van der Waals surface area contributed by atoms with Gasteiger partial charge in [0, 0.05) is 19.4 Å². The Balaban J connectivity index is 4.30. The van der Waals surface area contributed by atoms with E-state index in [9.17, 15) is 19.0 Å². The van der Waals surface area contributed by atoms with Crippen LogP contribution in [0.25, 0.3) is 0 Å². The van der Waals surface area contributed by atoms with Crippen LogP contribution in [0.3, 0.4) is 0 Å². The molecule has 0 aliphatic heterocycles. The summed E-state index contributed by atoms with van der Waals surface area (Å²) in [6.45, 7) is 3.49. The first kappa shape index (κ1) is 48.5. The second-order valence-electron chi connectivity index (χ2n) is 12.5. The lowest BCUT2D eigenvalue weighted by Gasteiger charge is -2.19. The van der Waals surface area contributed by atoms with E-state index in [1.165, 1.54) is 25.7 Å². The number of carbonyl (C=O) groups is 2. The molecule has 0 saturated carbocycles. The van der Waals surface area contributed by atoms with Gasteiger partial charge in [0.2, 0.25) is 0 Å². The average Bonchev–Trinajstić information content (AvgIpc) is 3.11. The summed E-state index contributed by atoms with van der Waals surface area (Å²) in [7, 11) is -4.39. The Morgan fingerprint density at radius 3 is 1.76 bits per heavy atom. The number of hydrogen-bond acceptors (Lipinski definition) is 8. The number of rotatable bonds is 35. The summed E-state index contributed by atoms with van der Waals surface area (Å²) < 4.78 is 32.6. The van der Waals surface area contributed by atoms with Crippen LogP contribution in [0.1, 0.15) is 142 Å². The molecule has 0 amide bonds. The minimum absolute atomic E-state index is 0.0431. The molecule has 10 heteroatoms. The van der Waals surface area contributed by atoms with Crippen molar-refractivity contribution >= 4 is 19.8 Å². The largest absolute Gasteiger partial charge is 0.472 e. The van der Waals surface area contributed by atoms with Crippen LogP contribution >= 0.6 is 7.82 Å². The zero-order valence-corrected chi connectivity index (χ0v) is 32.7. The van der Waals surface area contributed by atoms with Gasteiger partial charge in [0.05, 0.1) is 13.2 Å². The number of carbonyl (C=O) groups excluding carboxylic acids is 2. The van der Waals surface area contributed by atoms with Gasteiger partial charge in [0.15, 0.2) is 6.10 Å². The van der Waals surface area contributed by atoms with Crippen molar-refractivity contribution in [1.82, 2.24) is 0 Å². The van der Waals surface area contributed by atoms with E-state index in [1.54, 1.807) is 0 Å². The number of unbranched alkanes of at least 4 members (excludes halogenated alkanes) is 13. The standard InChI is InChI=1S/C41H70NO8P/c1-3-5-7-9-11-13-15-17-19-21-23-25-27-29-31-33-40(43)47-37-39(38-49-51(45,46)48-36-35-42)50-41(44)34-32-30-28-26-24-22-20-18-16-14-12-10-8-6-4-2/h6,8,10-14,16-20,39H,3-5,7,9,15,21-38,42H2,1-2H3,(H,45,46)/b8-6+,12-10+,13-11+,16-14+,19-17+,20-18+/t39-/m1/s1. The topological polar surface area (TPSA) is 134 Å². The molecule has 3 N–H and O–H groups in total. The van der Waals surface area contributed by atoms with Crippen molar-refractivity contribution in [2.24, 2.45) is 5.73 Å². The lowest BCUT2D eigenvalue weighted by Crippen LogP contribution is -2.29. The fourth-order valence-electron chi connectivity index (χ4n) is 4.79. The van der Waals surface area contributed by atoms with Crippen molar-refractivity contribution < 1.29 is 37.6 Å². The highest BCUT2D eigenvalue weighted by molar-refractivity contribution is 7.47. The predicted molar refractivity (Wildman–Crippen MR) is 210 cm³/mol. The number of esters is 2. The minimum Gasteiger partial charge on any atom is -0.462 e. The molecule has 0 aliphatic rings. The molecule has 292 valence electrons. The monoisotopic (exact) mass is 735 g/mol. The molecule has 0 spiro atoms. The third-order valence-electron chi connectivity index (χ3n) is 7.67. The minimum atomic E-state index is -4.39. The molecule has 0 aromatic carbocycles. The Morgan fingerprint density at radius 2 is 1.16 bits per heavy atom. The van der Waals surface area contributed by atoms with E-state index in [2.05, 4.69) is 56.4 Å². The Labute approximate surface area is 310 Å². The van der Waals surface area contributed by atoms with Crippen LogP contribution in [0, 0.1) is 0 Å². The van der Waals surface area contributed by atoms with E-state index in [0.717, 1.165) is 77.0 Å². The molecule has 0 bridgehead atoms. The van der Waals surface area contributed by atoms with Crippen molar-refractivity contribution in [1.29, 1.82) is 0 Å². The quantitative estimate of drug-likeness (QED) is 0.0214. The third-order valence-corrected chi connectivity index (χ3v) is 8.66. The molecule has 0 aromatic heterocycles. The number of phosphoric ester groups is 1. The van der Waals surface area contributed by atoms with E-state index in [1.807, 2.05) is 30.4 Å². The summed E-state index contributed by atoms with van der Waals surface area (Å²) in [5.41, 5.74) is 5.33. The Morgan fingerprint density at radius 1 is 0.627 bits per heavy atom. The molecule has 0 rings (SSSR count). The summed E-state index contributed by atoms with van der Waals surface area (Å²) >= 11 is 0. The molecule has 0 saturated heterocycles. The molecule has 9 nitrogen and oxygen atoms in total. The normalized spacial score (nSPS) is 14.2. The lowest BCUT2D eigenvalue weighted by molar-refractivity contribution is -0.161. The van der Waals surface area contributed by atoms with Crippen molar-refractivity contribution in [2.75, 3.05) is 26.4 Å². The maximum atomic E-state index is 12.5. The number of phosphoric acid groups is 1. The summed E-state index contributed by atoms with van der Waals surface area (Å²) in [6.07, 6.45) is 43.5. The van der Waals surface area contributed by atoms with E-state index < -0.39 is 32.5 Å². The summed E-state index contributed by atoms with van der Waals surface area (Å²) in [6, 6.07) is 0. The molecule has 0 aliphatic carbocycles. The Bertz CT molecular complexity index is 1070. The van der Waals surface area contributed by atoms with E-state index in [-0.39, 0.29) is 32.6 Å². The van der Waals surface area contributed by atoms with Crippen molar-refractivity contribution in [3.05, 3.63) is 72.9 Å². The van der Waals surface area contributed by atoms with Gasteiger partial charge in [-0.2, -0.15) is 0 Å². The van der Waals surface area contributed by atoms with Crippen LogP contribution in [0.4, 0.5) is 0 Å². The van der Waals surface area contributed by atoms with Crippen LogP contribution in [0.2, 0.25) is 0 Å². The second-order valence-corrected chi connectivity index (χ2v) is 14.0. The lowest BCUT2D eigenvalue weighted by atomic mass is 10.1. The molecule has 51 heavy (non-hydrogen) atoms. The first-order valence-electron chi connectivity index (χ1n) is 19.5. The van der Waals surface area contributed by atoms with Crippen LogP contribution < -0.4 is 5.73 Å². The first-order chi connectivity index (χ1) is 24.8. The second kappa shape index (κ2) is 37.2. The number of hydrogen-bond donors (Lipinski definition) is 2. The third kappa shape index (κ3) is 37.0. The molecular weight excluding hydrogens is 665 g/mol. The molecule has 2 atom stereocenters. The van der Waals surface area contributed by atoms with Crippen LogP contribution in [-0.4, -0.2) is 49.3 Å². The smallest absolute Gasteiger partial charge is 0.462 e. The summed E-state index contributed by atoms with van der Waals surface area (Å²) in [4.78, 5) is 34.7. The summed E-state index contributed by atoms with van der Waals surface area (Å²) in [5, 5.41) is 0. The Hall–Kier alpha value is -2.55. The van der Waals surface area contributed by atoms with Gasteiger partial charge in [-0.25, -0.2) is 4.57 Å². The molecule has 0 aromatic rings. The molecule has 0 fully saturated rings. The van der Waals surface area contributed by atoms with Gasteiger partial charge in [0.25, 0.3) is 0 Å². The first-order valence-corrected chi connectivity index (χ1v) is 21.0. The summed E-state index contributed by atoms with van der Waals surface area (Å²) in [5.74, 6) is -0.881. The van der Waals surface area contributed by atoms with Gasteiger partial charge in [-0.15, -0.1) is 0 Å². The van der Waals surface area contributed by atoms with Gasteiger partial charge < -0.3 is 20.1 Å². The van der Waals surface area contributed by atoms with Crippen molar-refractivity contribution in [2.45, 2.75) is 148 Å².